The van der Waals surface area contributed by atoms with Gasteiger partial charge in [-0.3, -0.25) is 9.59 Å². The number of amides is 2. The van der Waals surface area contributed by atoms with Crippen LogP contribution in [0, 0.1) is 0 Å². The number of benzene rings is 4. The number of carbonyl (C=O) groups excluding carboxylic acids is 2. The third-order valence-electron chi connectivity index (χ3n) is 7.19. The van der Waals surface area contributed by atoms with Crippen LogP contribution >= 0.6 is 23.2 Å². The third kappa shape index (κ3) is 6.44. The Balaban J connectivity index is 0.889. The Morgan fingerprint density at radius 3 is 1.41 bits per heavy atom. The molecule has 0 aliphatic heterocycles. The van der Waals surface area contributed by atoms with E-state index >= 15 is 0 Å². The van der Waals surface area contributed by atoms with Crippen LogP contribution in [0.5, 0.6) is 0 Å². The molecule has 0 fully saturated rings. The van der Waals surface area contributed by atoms with Gasteiger partial charge < -0.3 is 20.1 Å². The molecule has 8 nitrogen and oxygen atoms in total. The van der Waals surface area contributed by atoms with Crippen molar-refractivity contribution in [2.75, 3.05) is 39.5 Å². The molecule has 0 radical (unpaired) electrons. The van der Waals surface area contributed by atoms with E-state index in [1.165, 1.54) is 0 Å². The number of carbonyl (C=O) groups is 2. The largest absolute Gasteiger partial charge is 0.377 e. The minimum absolute atomic E-state index is 0.218. The highest BCUT2D eigenvalue weighted by molar-refractivity contribution is 6.41. The quantitative estimate of drug-likeness (QED) is 0.124. The highest BCUT2D eigenvalue weighted by Crippen LogP contribution is 2.32. The molecule has 10 heteroatoms. The standard InChI is InChI=1S/C34H28Cl2N4O4/c35-31-23-5-1-3-7-27(23)39-29-11-9-21(19-25(29)31)33(41)37-13-15-43-17-18-44-16-14-38-34(42)22-10-12-30-26(20-22)32(36)24-6-2-4-8-28(24)40-30/h1-12,19-20H,13-18H2,(H,37,41)(H,38,42). The number of hydrogen-bond donors (Lipinski definition) is 2. The maximum atomic E-state index is 12.7. The van der Waals surface area contributed by atoms with Gasteiger partial charge >= 0.3 is 0 Å². The van der Waals surface area contributed by atoms with E-state index in [0.717, 1.165) is 43.6 Å². The predicted octanol–water partition coefficient (Wildman–Crippen LogP) is 6.59. The second-order valence-corrected chi connectivity index (χ2v) is 10.8. The molecule has 0 atom stereocenters. The molecule has 0 bridgehead atoms. The van der Waals surface area contributed by atoms with Gasteiger partial charge in [0, 0.05) is 45.8 Å². The zero-order valence-corrected chi connectivity index (χ0v) is 25.1. The zero-order chi connectivity index (χ0) is 30.5. The fourth-order valence-electron chi connectivity index (χ4n) is 4.96. The summed E-state index contributed by atoms with van der Waals surface area (Å²) in [6, 6.07) is 25.9. The molecule has 0 saturated carbocycles. The van der Waals surface area contributed by atoms with E-state index in [0.29, 0.717) is 60.7 Å². The van der Waals surface area contributed by atoms with Gasteiger partial charge in [0.25, 0.3) is 11.8 Å². The van der Waals surface area contributed by atoms with Crippen LogP contribution in [0.2, 0.25) is 10.0 Å². The first-order valence-electron chi connectivity index (χ1n) is 14.2. The topological polar surface area (TPSA) is 102 Å². The minimum atomic E-state index is -0.218. The number of halogens is 2. The Morgan fingerprint density at radius 2 is 0.955 bits per heavy atom. The van der Waals surface area contributed by atoms with Gasteiger partial charge in [-0.25, -0.2) is 9.97 Å². The van der Waals surface area contributed by atoms with Crippen molar-refractivity contribution in [3.05, 3.63) is 106 Å². The molecule has 6 rings (SSSR count). The minimum Gasteiger partial charge on any atom is -0.377 e. The lowest BCUT2D eigenvalue weighted by molar-refractivity contribution is 0.0486. The lowest BCUT2D eigenvalue weighted by Gasteiger charge is -2.10. The second-order valence-electron chi connectivity index (χ2n) is 10.1. The molecule has 44 heavy (non-hydrogen) atoms. The number of hydrogen-bond acceptors (Lipinski definition) is 6. The van der Waals surface area contributed by atoms with Crippen molar-refractivity contribution < 1.29 is 19.1 Å². The van der Waals surface area contributed by atoms with Gasteiger partial charge in [-0.15, -0.1) is 0 Å². The Bertz CT molecular complexity index is 1870. The number of para-hydroxylation sites is 2. The first-order valence-corrected chi connectivity index (χ1v) is 14.9. The van der Waals surface area contributed by atoms with Gasteiger partial charge in [0.1, 0.15) is 0 Å². The van der Waals surface area contributed by atoms with Crippen molar-refractivity contribution in [1.29, 1.82) is 0 Å². The second kappa shape index (κ2) is 13.5. The summed E-state index contributed by atoms with van der Waals surface area (Å²) in [4.78, 5) is 34.6. The van der Waals surface area contributed by atoms with E-state index in [1.54, 1.807) is 36.4 Å². The van der Waals surface area contributed by atoms with Crippen LogP contribution in [-0.4, -0.2) is 61.3 Å². The first kappa shape index (κ1) is 29.7. The van der Waals surface area contributed by atoms with Crippen molar-refractivity contribution in [2.45, 2.75) is 0 Å². The Hall–Kier alpha value is -4.34. The van der Waals surface area contributed by atoms with Crippen molar-refractivity contribution in [1.82, 2.24) is 20.6 Å². The SMILES string of the molecule is O=C(NCCOCCOCCNC(=O)c1ccc2nc3ccccc3c(Cl)c2c1)c1ccc2nc3ccccc3c(Cl)c2c1. The van der Waals surface area contributed by atoms with E-state index in [-0.39, 0.29) is 11.8 Å². The summed E-state index contributed by atoms with van der Waals surface area (Å²) in [6.45, 7) is 2.08. The van der Waals surface area contributed by atoms with Crippen LogP contribution in [0.4, 0.5) is 0 Å². The summed E-state index contributed by atoms with van der Waals surface area (Å²) in [5.74, 6) is -0.435. The number of nitrogens with one attached hydrogen (secondary N) is 2. The average Bonchev–Trinajstić information content (AvgIpc) is 3.05. The first-order chi connectivity index (χ1) is 21.5. The Labute approximate surface area is 263 Å². The van der Waals surface area contributed by atoms with Crippen LogP contribution in [0.25, 0.3) is 43.6 Å². The molecule has 2 aromatic heterocycles. The van der Waals surface area contributed by atoms with Crippen molar-refractivity contribution in [3.8, 4) is 0 Å². The van der Waals surface area contributed by atoms with Crippen molar-refractivity contribution >= 4 is 78.6 Å². The molecule has 0 unspecified atom stereocenters. The Kier molecular flexibility index (Phi) is 9.14. The van der Waals surface area contributed by atoms with Crippen LogP contribution in [-0.2, 0) is 9.47 Å². The average molecular weight is 628 g/mol. The van der Waals surface area contributed by atoms with Gasteiger partial charge in [0.2, 0.25) is 0 Å². The fraction of sp³-hybridized carbons (Fsp3) is 0.176. The lowest BCUT2D eigenvalue weighted by Crippen LogP contribution is -2.28. The molecule has 4 aromatic carbocycles. The zero-order valence-electron chi connectivity index (χ0n) is 23.6. The van der Waals surface area contributed by atoms with Gasteiger partial charge in [0.15, 0.2) is 0 Å². The van der Waals surface area contributed by atoms with Crippen molar-refractivity contribution in [3.63, 3.8) is 0 Å². The number of fused-ring (bicyclic) bond motifs is 4. The molecule has 2 amide bonds. The lowest BCUT2D eigenvalue weighted by atomic mass is 10.1. The van der Waals surface area contributed by atoms with Gasteiger partial charge in [0.05, 0.1) is 58.5 Å². The molecule has 6 aromatic rings. The number of rotatable bonds is 11. The number of aromatic nitrogens is 2. The molecular weight excluding hydrogens is 599 g/mol. The third-order valence-corrected chi connectivity index (χ3v) is 8.00. The predicted molar refractivity (Wildman–Crippen MR) is 175 cm³/mol. The van der Waals surface area contributed by atoms with Crippen LogP contribution in [0.3, 0.4) is 0 Å². The smallest absolute Gasteiger partial charge is 0.251 e. The molecule has 2 heterocycles. The highest BCUT2D eigenvalue weighted by atomic mass is 35.5. The Morgan fingerprint density at radius 1 is 0.545 bits per heavy atom. The molecule has 222 valence electrons. The van der Waals surface area contributed by atoms with E-state index in [4.69, 9.17) is 32.7 Å². The molecule has 0 aliphatic carbocycles. The van der Waals surface area contributed by atoms with E-state index in [1.807, 2.05) is 48.5 Å². The molecule has 0 saturated heterocycles. The molecule has 0 aliphatic rings. The monoisotopic (exact) mass is 626 g/mol. The summed E-state index contributed by atoms with van der Waals surface area (Å²) in [5, 5.41) is 10.0. The van der Waals surface area contributed by atoms with E-state index in [2.05, 4.69) is 20.6 Å². The van der Waals surface area contributed by atoms with Gasteiger partial charge in [-0.1, -0.05) is 59.6 Å². The normalized spacial score (nSPS) is 11.4. The van der Waals surface area contributed by atoms with Crippen LogP contribution in [0.15, 0.2) is 84.9 Å². The highest BCUT2D eigenvalue weighted by Gasteiger charge is 2.13. The molecule has 2 N–H and O–H groups in total. The summed E-state index contributed by atoms with van der Waals surface area (Å²) in [5.41, 5.74) is 4.09. The number of pyridine rings is 2. The molecule has 0 spiro atoms. The molecular formula is C34H28Cl2N4O4. The number of ether oxygens (including phenoxy) is 2. The number of nitrogens with zero attached hydrogens (tertiary/aromatic N) is 2. The van der Waals surface area contributed by atoms with Crippen molar-refractivity contribution in [2.24, 2.45) is 0 Å². The fourth-order valence-corrected chi connectivity index (χ4v) is 5.59. The summed E-state index contributed by atoms with van der Waals surface area (Å²) in [7, 11) is 0. The maximum absolute atomic E-state index is 12.7. The maximum Gasteiger partial charge on any atom is 0.251 e. The van der Waals surface area contributed by atoms with Gasteiger partial charge in [-0.05, 0) is 48.5 Å². The summed E-state index contributed by atoms with van der Waals surface area (Å²) in [6.07, 6.45) is 0. The van der Waals surface area contributed by atoms with Crippen LogP contribution in [0.1, 0.15) is 20.7 Å². The van der Waals surface area contributed by atoms with E-state index in [9.17, 15) is 9.59 Å². The summed E-state index contributed by atoms with van der Waals surface area (Å²) < 4.78 is 11.1. The van der Waals surface area contributed by atoms with Gasteiger partial charge in [-0.2, -0.15) is 0 Å². The summed E-state index contributed by atoms with van der Waals surface area (Å²) >= 11 is 13.2. The van der Waals surface area contributed by atoms with E-state index < -0.39 is 0 Å². The van der Waals surface area contributed by atoms with Crippen LogP contribution < -0.4 is 10.6 Å².